The summed E-state index contributed by atoms with van der Waals surface area (Å²) in [5.74, 6) is 0. The molecule has 0 aliphatic rings. The van der Waals surface area contributed by atoms with Crippen molar-refractivity contribution in [1.29, 1.82) is 0 Å². The summed E-state index contributed by atoms with van der Waals surface area (Å²) < 4.78 is 0. The molecule has 0 atom stereocenters. The van der Waals surface area contributed by atoms with Crippen LogP contribution in [0.4, 0.5) is 5.69 Å². The maximum atomic E-state index is 4.94. The first-order valence-electron chi connectivity index (χ1n) is 3.92. The second kappa shape index (κ2) is 5.37. The van der Waals surface area contributed by atoms with Crippen molar-refractivity contribution in [3.05, 3.63) is 42.5 Å². The van der Waals surface area contributed by atoms with Crippen LogP contribution >= 0.6 is 0 Å². The Balaban J connectivity index is 0.000000980. The van der Waals surface area contributed by atoms with E-state index in [4.69, 9.17) is 7.98 Å². The van der Waals surface area contributed by atoms with E-state index < -0.39 is 0 Å². The van der Waals surface area contributed by atoms with Crippen molar-refractivity contribution in [2.75, 3.05) is 0 Å². The van der Waals surface area contributed by atoms with Crippen LogP contribution < -0.4 is 0 Å². The van der Waals surface area contributed by atoms with E-state index in [0.717, 1.165) is 10.8 Å². The van der Waals surface area contributed by atoms with Gasteiger partial charge in [-0.15, -0.1) is 41.1 Å². The molecule has 0 heterocycles. The molecule has 3 radical (unpaired) electrons. The zero-order valence-corrected chi connectivity index (χ0v) is 10.4. The fourth-order valence-electron chi connectivity index (χ4n) is 1.23. The zero-order chi connectivity index (χ0) is 9.10. The Bertz CT molecular complexity index is 457. The van der Waals surface area contributed by atoms with Crippen LogP contribution in [0.3, 0.4) is 0 Å². The monoisotopic (exact) mass is 254 g/mol. The largest absolute Gasteiger partial charge is 0.292 e. The number of nitrogens with zero attached hydrogens (tertiary/aromatic N) is 2. The predicted octanol–water partition coefficient (Wildman–Crippen LogP) is 2.80. The summed E-state index contributed by atoms with van der Waals surface area (Å²) in [5, 5.41) is 9.07. The van der Waals surface area contributed by atoms with Crippen LogP contribution in [0.25, 0.3) is 10.8 Å². The summed E-state index contributed by atoms with van der Waals surface area (Å²) >= 11 is 0. The minimum absolute atomic E-state index is 0. The summed E-state index contributed by atoms with van der Waals surface area (Å²) in [5.41, 5.74) is 0.654. The quantitative estimate of drug-likeness (QED) is 0.424. The second-order valence-corrected chi connectivity index (χ2v) is 2.65. The first kappa shape index (κ1) is 11.5. The Morgan fingerprint density at radius 3 is 2.64 bits per heavy atom. The van der Waals surface area contributed by atoms with Crippen LogP contribution in [0.2, 0.25) is 0 Å². The minimum atomic E-state index is 0. The molecule has 0 amide bonds. The number of fused-ring (bicyclic) bond motifs is 1. The molecule has 2 nitrogen and oxygen atoms in total. The van der Waals surface area contributed by atoms with Gasteiger partial charge in [0.2, 0.25) is 0 Å². The zero-order valence-electron chi connectivity index (χ0n) is 7.51. The van der Waals surface area contributed by atoms with E-state index in [2.05, 4.69) is 16.2 Å². The van der Waals surface area contributed by atoms with Crippen molar-refractivity contribution in [1.82, 2.24) is 0 Å². The standard InChI is InChI=1S/C10H6BN2.Y/c11-13-12-10-6-5-8-3-1-2-4-9(8)7-10;/h1-6H;/q-1;. The van der Waals surface area contributed by atoms with E-state index >= 15 is 0 Å². The van der Waals surface area contributed by atoms with Crippen molar-refractivity contribution in [3.8, 4) is 0 Å². The molecule has 0 spiro atoms. The van der Waals surface area contributed by atoms with Crippen molar-refractivity contribution in [2.45, 2.75) is 0 Å². The van der Waals surface area contributed by atoms with Crippen molar-refractivity contribution in [3.63, 3.8) is 0 Å². The minimum Gasteiger partial charge on any atom is -0.270 e. The molecule has 0 fully saturated rings. The Kier molecular flexibility index (Phi) is 4.43. The molecule has 0 bridgehead atoms. The topological polar surface area (TPSA) is 24.7 Å². The Hall–Kier alpha value is -0.531. The van der Waals surface area contributed by atoms with E-state index in [9.17, 15) is 0 Å². The molecule has 0 N–H and O–H groups in total. The van der Waals surface area contributed by atoms with Crippen LogP contribution in [0.1, 0.15) is 0 Å². The molecule has 2 rings (SSSR count). The molecule has 0 unspecified atom stereocenters. The third kappa shape index (κ3) is 2.49. The Morgan fingerprint density at radius 2 is 1.86 bits per heavy atom. The normalized spacial score (nSPS) is 10.3. The van der Waals surface area contributed by atoms with Gasteiger partial charge in [0.15, 0.2) is 0 Å². The first-order chi connectivity index (χ1) is 6.40. The fraction of sp³-hybridized carbons (Fsp3) is 0. The van der Waals surface area contributed by atoms with Gasteiger partial charge in [-0.2, -0.15) is 5.11 Å². The maximum Gasteiger partial charge on any atom is 0.292 e. The number of rotatable bonds is 1. The first-order valence-corrected chi connectivity index (χ1v) is 3.92. The van der Waals surface area contributed by atoms with Gasteiger partial charge in [-0.25, -0.2) is 0 Å². The van der Waals surface area contributed by atoms with Gasteiger partial charge in [0.25, 0.3) is 7.98 Å². The van der Waals surface area contributed by atoms with E-state index in [0.29, 0.717) is 5.69 Å². The van der Waals surface area contributed by atoms with Crippen LogP contribution in [0, 0.1) is 6.07 Å². The van der Waals surface area contributed by atoms with Gasteiger partial charge in [0.1, 0.15) is 0 Å². The Morgan fingerprint density at radius 1 is 1.07 bits per heavy atom. The number of hydrogen-bond acceptors (Lipinski definition) is 2. The van der Waals surface area contributed by atoms with Crippen LogP contribution in [-0.4, -0.2) is 7.98 Å². The van der Waals surface area contributed by atoms with Gasteiger partial charge < -0.3 is 0 Å². The summed E-state index contributed by atoms with van der Waals surface area (Å²) in [6.07, 6.45) is 0. The van der Waals surface area contributed by atoms with E-state index in [1.165, 1.54) is 0 Å². The van der Waals surface area contributed by atoms with Crippen molar-refractivity contribution in [2.24, 2.45) is 10.1 Å². The molecule has 0 aliphatic carbocycles. The average molecular weight is 254 g/mol. The number of hydrogen-bond donors (Lipinski definition) is 0. The molecule has 4 heteroatoms. The van der Waals surface area contributed by atoms with Gasteiger partial charge in [0.05, 0.1) is 0 Å². The maximum absolute atomic E-state index is 4.94. The van der Waals surface area contributed by atoms with Gasteiger partial charge >= 0.3 is 0 Å². The Labute approximate surface area is 109 Å². The predicted molar refractivity (Wildman–Crippen MR) is 53.1 cm³/mol. The molecule has 0 saturated carbocycles. The van der Waals surface area contributed by atoms with Crippen molar-refractivity contribution >= 4 is 24.4 Å². The van der Waals surface area contributed by atoms with Gasteiger partial charge in [0, 0.05) is 38.4 Å². The molecule has 0 aliphatic heterocycles. The molecule has 2 aromatic carbocycles. The molecule has 0 aromatic heterocycles. The van der Waals surface area contributed by atoms with Crippen LogP contribution in [0.15, 0.2) is 46.5 Å². The molecule has 14 heavy (non-hydrogen) atoms. The third-order valence-corrected chi connectivity index (χ3v) is 1.81. The fourth-order valence-corrected chi connectivity index (χ4v) is 1.23. The van der Waals surface area contributed by atoms with Crippen LogP contribution in [0.5, 0.6) is 0 Å². The van der Waals surface area contributed by atoms with E-state index in [1.54, 1.807) is 0 Å². The second-order valence-electron chi connectivity index (χ2n) is 2.65. The summed E-state index contributed by atoms with van der Waals surface area (Å²) in [6.45, 7) is 0. The molecular weight excluding hydrogens is 248 g/mol. The van der Waals surface area contributed by atoms with E-state index in [1.807, 2.05) is 36.4 Å². The van der Waals surface area contributed by atoms with Crippen LogP contribution in [-0.2, 0) is 32.7 Å². The molecule has 0 saturated heterocycles. The molecule has 2 aromatic rings. The molecular formula is C10H6BN2Y-. The SMILES string of the molecule is [B]N=Nc1[c-]c2ccccc2cc1.[Y]. The average Bonchev–Trinajstić information content (AvgIpc) is 2.18. The van der Waals surface area contributed by atoms with Gasteiger partial charge in [-0.3, -0.25) is 5.03 Å². The van der Waals surface area contributed by atoms with E-state index in [-0.39, 0.29) is 32.7 Å². The third-order valence-electron chi connectivity index (χ3n) is 1.81. The smallest absolute Gasteiger partial charge is 0.270 e. The molecule has 63 valence electrons. The summed E-state index contributed by atoms with van der Waals surface area (Å²) in [6, 6.07) is 14.8. The summed E-state index contributed by atoms with van der Waals surface area (Å²) in [7, 11) is 4.94. The summed E-state index contributed by atoms with van der Waals surface area (Å²) in [4.78, 5) is 0. The number of benzene rings is 2. The van der Waals surface area contributed by atoms with Gasteiger partial charge in [-0.1, -0.05) is 12.1 Å². The van der Waals surface area contributed by atoms with Gasteiger partial charge in [-0.05, 0) is 0 Å². The van der Waals surface area contributed by atoms with Crippen molar-refractivity contribution < 1.29 is 32.7 Å².